The van der Waals surface area contributed by atoms with Crippen molar-refractivity contribution >= 4 is 5.97 Å². The van der Waals surface area contributed by atoms with Gasteiger partial charge in [-0.15, -0.1) is 0 Å². The maximum Gasteiger partial charge on any atom is 0.322 e. The van der Waals surface area contributed by atoms with Crippen LogP contribution in [0.3, 0.4) is 0 Å². The van der Waals surface area contributed by atoms with E-state index in [1.165, 1.54) is 19.3 Å². The van der Waals surface area contributed by atoms with Crippen LogP contribution >= 0.6 is 0 Å². The van der Waals surface area contributed by atoms with Gasteiger partial charge in [0.25, 0.3) is 0 Å². The number of hydrogen-bond acceptors (Lipinski definition) is 4. The molecule has 120 valence electrons. The second-order valence-electron chi connectivity index (χ2n) is 5.80. The molecule has 4 N–H and O–H groups in total. The van der Waals surface area contributed by atoms with Crippen LogP contribution in [0.2, 0.25) is 0 Å². The molecule has 0 bridgehead atoms. The smallest absolute Gasteiger partial charge is 0.322 e. The lowest BCUT2D eigenvalue weighted by atomic mass is 10.0. The fraction of sp³-hybridized carbons (Fsp3) is 0.938. The summed E-state index contributed by atoms with van der Waals surface area (Å²) >= 11 is 0. The van der Waals surface area contributed by atoms with Crippen LogP contribution in [0.25, 0.3) is 0 Å². The summed E-state index contributed by atoms with van der Waals surface area (Å²) in [4.78, 5) is 11.6. The van der Waals surface area contributed by atoms with Gasteiger partial charge in [0, 0.05) is 6.04 Å². The maximum absolute atomic E-state index is 11.6. The Bertz CT molecular complexity index is 233. The third kappa shape index (κ3) is 12.4. The molecule has 0 saturated carbocycles. The van der Waals surface area contributed by atoms with Gasteiger partial charge in [-0.25, -0.2) is 0 Å². The predicted molar refractivity (Wildman–Crippen MR) is 84.4 cm³/mol. The zero-order valence-corrected chi connectivity index (χ0v) is 13.4. The molecule has 0 spiro atoms. The second kappa shape index (κ2) is 13.4. The van der Waals surface area contributed by atoms with Crippen LogP contribution in [0.5, 0.6) is 0 Å². The topological polar surface area (TPSA) is 78.3 Å². The third-order valence-electron chi connectivity index (χ3n) is 3.47. The lowest BCUT2D eigenvalue weighted by molar-refractivity contribution is -0.145. The maximum atomic E-state index is 11.6. The van der Waals surface area contributed by atoms with E-state index in [4.69, 9.17) is 16.2 Å². The van der Waals surface area contributed by atoms with E-state index in [9.17, 15) is 4.79 Å². The molecule has 0 aromatic rings. The van der Waals surface area contributed by atoms with Crippen LogP contribution in [-0.2, 0) is 9.53 Å². The molecule has 0 aromatic carbocycles. The first-order valence-electron chi connectivity index (χ1n) is 8.25. The van der Waals surface area contributed by atoms with Crippen molar-refractivity contribution in [1.82, 2.24) is 0 Å². The highest BCUT2D eigenvalue weighted by molar-refractivity contribution is 5.75. The molecule has 0 radical (unpaired) electrons. The summed E-state index contributed by atoms with van der Waals surface area (Å²) in [5.41, 5.74) is 11.5. The second-order valence-corrected chi connectivity index (χ2v) is 5.80. The molecular formula is C16H34N2O2. The minimum atomic E-state index is -0.444. The van der Waals surface area contributed by atoms with Crippen LogP contribution in [0.4, 0.5) is 0 Å². The Hall–Kier alpha value is -0.610. The standard InChI is InChI=1S/C16H34N2O2/c1-3-4-10-13-20-16(19)15(18)12-9-7-5-6-8-11-14(2)17/h14-15H,3-13,17-18H2,1-2H3. The molecule has 0 aliphatic carbocycles. The first-order valence-corrected chi connectivity index (χ1v) is 8.25. The SMILES string of the molecule is CCCCCOC(=O)C(N)CCCCCCCC(C)N. The minimum Gasteiger partial charge on any atom is -0.465 e. The number of ether oxygens (including phenoxy) is 1. The van der Waals surface area contributed by atoms with Gasteiger partial charge in [-0.3, -0.25) is 4.79 Å². The summed E-state index contributed by atoms with van der Waals surface area (Å²) in [5.74, 6) is -0.238. The number of esters is 1. The Balaban J connectivity index is 3.38. The van der Waals surface area contributed by atoms with Crippen molar-refractivity contribution in [2.75, 3.05) is 6.61 Å². The number of rotatable bonds is 13. The van der Waals surface area contributed by atoms with Gasteiger partial charge in [0.15, 0.2) is 0 Å². The highest BCUT2D eigenvalue weighted by Crippen LogP contribution is 2.09. The third-order valence-corrected chi connectivity index (χ3v) is 3.47. The van der Waals surface area contributed by atoms with Crippen LogP contribution in [0.15, 0.2) is 0 Å². The molecule has 20 heavy (non-hydrogen) atoms. The first-order chi connectivity index (χ1) is 9.57. The molecule has 0 saturated heterocycles. The molecular weight excluding hydrogens is 252 g/mol. The molecule has 2 atom stereocenters. The van der Waals surface area contributed by atoms with E-state index in [0.717, 1.165) is 44.9 Å². The van der Waals surface area contributed by atoms with Gasteiger partial charge in [-0.05, 0) is 26.2 Å². The van der Waals surface area contributed by atoms with Crippen molar-refractivity contribution < 1.29 is 9.53 Å². The summed E-state index contributed by atoms with van der Waals surface area (Å²) in [6, 6.07) is -0.133. The molecule has 0 fully saturated rings. The summed E-state index contributed by atoms with van der Waals surface area (Å²) in [5, 5.41) is 0. The molecule has 2 unspecified atom stereocenters. The number of hydrogen-bond donors (Lipinski definition) is 2. The van der Waals surface area contributed by atoms with Gasteiger partial charge in [-0.2, -0.15) is 0 Å². The Kier molecular flexibility index (Phi) is 13.0. The lowest BCUT2D eigenvalue weighted by Crippen LogP contribution is -2.32. The van der Waals surface area contributed by atoms with Crippen LogP contribution in [0, 0.1) is 0 Å². The first kappa shape index (κ1) is 19.4. The van der Waals surface area contributed by atoms with Crippen molar-refractivity contribution in [2.45, 2.75) is 90.1 Å². The van der Waals surface area contributed by atoms with E-state index >= 15 is 0 Å². The number of unbranched alkanes of at least 4 members (excludes halogenated alkanes) is 6. The molecule has 0 aliphatic heterocycles. The van der Waals surface area contributed by atoms with Gasteiger partial charge in [0.05, 0.1) is 6.61 Å². The van der Waals surface area contributed by atoms with Crippen molar-refractivity contribution in [3.05, 3.63) is 0 Å². The van der Waals surface area contributed by atoms with Crippen molar-refractivity contribution in [3.63, 3.8) is 0 Å². The molecule has 0 amide bonds. The fourth-order valence-electron chi connectivity index (χ4n) is 2.11. The largest absolute Gasteiger partial charge is 0.465 e. The van der Waals surface area contributed by atoms with Crippen molar-refractivity contribution in [2.24, 2.45) is 11.5 Å². The van der Waals surface area contributed by atoms with Crippen molar-refractivity contribution in [3.8, 4) is 0 Å². The van der Waals surface area contributed by atoms with E-state index in [-0.39, 0.29) is 5.97 Å². The van der Waals surface area contributed by atoms with E-state index in [1.807, 2.05) is 6.92 Å². The van der Waals surface area contributed by atoms with Gasteiger partial charge in [0.1, 0.15) is 6.04 Å². The zero-order valence-electron chi connectivity index (χ0n) is 13.4. The number of carbonyl (C=O) groups is 1. The van der Waals surface area contributed by atoms with Crippen molar-refractivity contribution in [1.29, 1.82) is 0 Å². The highest BCUT2D eigenvalue weighted by Gasteiger charge is 2.13. The van der Waals surface area contributed by atoms with Crippen LogP contribution in [0.1, 0.15) is 78.1 Å². The normalized spacial score (nSPS) is 14.0. The van der Waals surface area contributed by atoms with Crippen LogP contribution in [-0.4, -0.2) is 24.7 Å². The van der Waals surface area contributed by atoms with Crippen LogP contribution < -0.4 is 11.5 Å². The van der Waals surface area contributed by atoms with E-state index in [2.05, 4.69) is 6.92 Å². The molecule has 4 nitrogen and oxygen atoms in total. The Morgan fingerprint density at radius 3 is 2.15 bits per heavy atom. The lowest BCUT2D eigenvalue weighted by Gasteiger charge is -2.11. The molecule has 0 heterocycles. The van der Waals surface area contributed by atoms with Gasteiger partial charge < -0.3 is 16.2 Å². The van der Waals surface area contributed by atoms with E-state index in [0.29, 0.717) is 12.6 Å². The number of carbonyl (C=O) groups excluding carboxylic acids is 1. The highest BCUT2D eigenvalue weighted by atomic mass is 16.5. The van der Waals surface area contributed by atoms with E-state index in [1.54, 1.807) is 0 Å². The summed E-state index contributed by atoms with van der Waals surface area (Å²) in [7, 11) is 0. The van der Waals surface area contributed by atoms with E-state index < -0.39 is 6.04 Å². The number of nitrogens with two attached hydrogens (primary N) is 2. The fourth-order valence-corrected chi connectivity index (χ4v) is 2.11. The quantitative estimate of drug-likeness (QED) is 0.403. The summed E-state index contributed by atoms with van der Waals surface area (Å²) in [6.45, 7) is 4.69. The average molecular weight is 286 g/mol. The molecule has 0 aliphatic rings. The van der Waals surface area contributed by atoms with Gasteiger partial charge in [-0.1, -0.05) is 51.9 Å². The Labute approximate surface area is 124 Å². The zero-order chi connectivity index (χ0) is 15.2. The van der Waals surface area contributed by atoms with Gasteiger partial charge in [0.2, 0.25) is 0 Å². The molecule has 0 aromatic heterocycles. The minimum absolute atomic E-state index is 0.238. The Morgan fingerprint density at radius 1 is 0.950 bits per heavy atom. The van der Waals surface area contributed by atoms with Gasteiger partial charge >= 0.3 is 5.97 Å². The summed E-state index contributed by atoms with van der Waals surface area (Å²) in [6.07, 6.45) is 10.8. The average Bonchev–Trinajstić information content (AvgIpc) is 2.41. The molecule has 0 rings (SSSR count). The summed E-state index contributed by atoms with van der Waals surface area (Å²) < 4.78 is 5.15. The monoisotopic (exact) mass is 286 g/mol. The Morgan fingerprint density at radius 2 is 1.55 bits per heavy atom. The predicted octanol–water partition coefficient (Wildman–Crippen LogP) is 3.13. The molecule has 4 heteroatoms.